The molecule has 0 fully saturated rings. The molecular weight excluding hydrogens is 406 g/mol. The van der Waals surface area contributed by atoms with E-state index in [2.05, 4.69) is 25.6 Å². The van der Waals surface area contributed by atoms with Crippen molar-refractivity contribution in [3.63, 3.8) is 0 Å². The Morgan fingerprint density at radius 2 is 1.94 bits per heavy atom. The van der Waals surface area contributed by atoms with E-state index >= 15 is 0 Å². The van der Waals surface area contributed by atoms with Gasteiger partial charge in [0.15, 0.2) is 5.82 Å². The van der Waals surface area contributed by atoms with Crippen LogP contribution in [0.5, 0.6) is 0 Å². The summed E-state index contributed by atoms with van der Waals surface area (Å²) in [5.41, 5.74) is 1.78. The van der Waals surface area contributed by atoms with Gasteiger partial charge in [0, 0.05) is 43.4 Å². The second kappa shape index (κ2) is 11.7. The number of rotatable bonds is 12. The number of aromatic amines is 1. The van der Waals surface area contributed by atoms with E-state index in [1.165, 1.54) is 6.20 Å². The van der Waals surface area contributed by atoms with Gasteiger partial charge in [-0.25, -0.2) is 4.98 Å². The number of ketones is 1. The molecule has 0 radical (unpaired) electrons. The van der Waals surface area contributed by atoms with Crippen molar-refractivity contribution >= 4 is 28.5 Å². The summed E-state index contributed by atoms with van der Waals surface area (Å²) >= 11 is 0. The molecule has 2 aromatic heterocycles. The normalized spacial score (nSPS) is 11.8. The van der Waals surface area contributed by atoms with Crippen molar-refractivity contribution in [2.45, 2.75) is 58.0 Å². The summed E-state index contributed by atoms with van der Waals surface area (Å²) in [6.07, 6.45) is 8.71. The highest BCUT2D eigenvalue weighted by Gasteiger charge is 2.22. The number of nitrogens with one attached hydrogen (secondary N) is 3. The molecule has 3 N–H and O–H groups in total. The number of amides is 2. The minimum absolute atomic E-state index is 0.162. The fourth-order valence-electron chi connectivity index (χ4n) is 3.43. The Morgan fingerprint density at radius 1 is 1.09 bits per heavy atom. The first kappa shape index (κ1) is 23.1. The smallest absolute Gasteiger partial charge is 0.287 e. The first-order valence-electron chi connectivity index (χ1n) is 11.0. The molecule has 2 amide bonds. The number of carbonyl (C=O) groups excluding carboxylic acids is 3. The number of unbranched alkanes of at least 4 members (excludes halogenated alkanes) is 2. The number of aromatic nitrogens is 3. The van der Waals surface area contributed by atoms with Crippen LogP contribution in [0.15, 0.2) is 48.9 Å². The number of hydrogen-bond acceptors (Lipinski definition) is 5. The molecule has 1 atom stereocenters. The molecule has 0 aliphatic carbocycles. The third-order valence-corrected chi connectivity index (χ3v) is 5.29. The Hall–Kier alpha value is -3.55. The van der Waals surface area contributed by atoms with E-state index in [4.69, 9.17) is 0 Å². The number of H-pyrrole nitrogens is 1. The number of hydrogen-bond donors (Lipinski definition) is 3. The molecule has 168 valence electrons. The number of benzene rings is 1. The predicted molar refractivity (Wildman–Crippen MR) is 122 cm³/mol. The van der Waals surface area contributed by atoms with Gasteiger partial charge in [-0.2, -0.15) is 0 Å². The lowest BCUT2D eigenvalue weighted by molar-refractivity contribution is -0.123. The molecule has 0 aliphatic rings. The highest BCUT2D eigenvalue weighted by Crippen LogP contribution is 2.13. The van der Waals surface area contributed by atoms with Crippen molar-refractivity contribution in [2.75, 3.05) is 0 Å². The van der Waals surface area contributed by atoms with Crippen LogP contribution in [0.3, 0.4) is 0 Å². The zero-order valence-corrected chi connectivity index (χ0v) is 18.3. The molecule has 32 heavy (non-hydrogen) atoms. The Balaban J connectivity index is 1.57. The van der Waals surface area contributed by atoms with Crippen molar-refractivity contribution in [1.82, 2.24) is 25.6 Å². The standard InChI is InChI=1S/C24H29N5O3/c1-2-19(30)9-4-3-5-11-21(29-24(32)22-25-12-13-26-22)23(31)28-16-17-14-18-8-6-7-10-20(18)27-15-17/h6-8,10,12-15,21H,2-5,9,11,16H2,1H3,(H,25,26)(H,28,31)(H,29,32)/t21-/m0/s1. The Labute approximate surface area is 187 Å². The predicted octanol–water partition coefficient (Wildman–Crippen LogP) is 3.30. The van der Waals surface area contributed by atoms with Crippen LogP contribution < -0.4 is 10.6 Å². The minimum Gasteiger partial charge on any atom is -0.350 e. The summed E-state index contributed by atoms with van der Waals surface area (Å²) in [6.45, 7) is 2.17. The van der Waals surface area contributed by atoms with Crippen molar-refractivity contribution in [3.8, 4) is 0 Å². The van der Waals surface area contributed by atoms with Crippen molar-refractivity contribution in [3.05, 3.63) is 60.3 Å². The van der Waals surface area contributed by atoms with Crippen LogP contribution in [-0.4, -0.2) is 38.6 Å². The van der Waals surface area contributed by atoms with Gasteiger partial charge in [-0.3, -0.25) is 19.4 Å². The van der Waals surface area contributed by atoms with Crippen LogP contribution in [-0.2, 0) is 16.1 Å². The summed E-state index contributed by atoms with van der Waals surface area (Å²) in [6, 6.07) is 9.09. The van der Waals surface area contributed by atoms with Crippen molar-refractivity contribution in [1.29, 1.82) is 0 Å². The average Bonchev–Trinajstić information content (AvgIpc) is 3.36. The monoisotopic (exact) mass is 435 g/mol. The van der Waals surface area contributed by atoms with Gasteiger partial charge < -0.3 is 15.6 Å². The molecule has 2 heterocycles. The number of imidazole rings is 1. The molecule has 0 saturated carbocycles. The lowest BCUT2D eigenvalue weighted by atomic mass is 10.0. The van der Waals surface area contributed by atoms with Crippen LogP contribution in [0.25, 0.3) is 10.9 Å². The van der Waals surface area contributed by atoms with E-state index < -0.39 is 11.9 Å². The molecular formula is C24H29N5O3. The van der Waals surface area contributed by atoms with Gasteiger partial charge in [-0.05, 0) is 30.5 Å². The summed E-state index contributed by atoms with van der Waals surface area (Å²) in [4.78, 5) is 47.9. The first-order chi connectivity index (χ1) is 15.6. The van der Waals surface area contributed by atoms with E-state index in [1.54, 1.807) is 12.4 Å². The zero-order valence-electron chi connectivity index (χ0n) is 18.3. The average molecular weight is 436 g/mol. The number of carbonyl (C=O) groups is 3. The zero-order chi connectivity index (χ0) is 22.8. The molecule has 0 aliphatic heterocycles. The Kier molecular flexibility index (Phi) is 8.48. The molecule has 3 rings (SSSR count). The number of Topliss-reactive ketones (excluding diaryl/α,β-unsaturated/α-hetero) is 1. The topological polar surface area (TPSA) is 117 Å². The highest BCUT2D eigenvalue weighted by atomic mass is 16.2. The van der Waals surface area contributed by atoms with Gasteiger partial charge >= 0.3 is 0 Å². The third kappa shape index (κ3) is 6.73. The highest BCUT2D eigenvalue weighted by molar-refractivity contribution is 5.94. The fourth-order valence-corrected chi connectivity index (χ4v) is 3.43. The van der Waals surface area contributed by atoms with Gasteiger partial charge in [-0.1, -0.05) is 38.0 Å². The summed E-state index contributed by atoms with van der Waals surface area (Å²) < 4.78 is 0. The van der Waals surface area contributed by atoms with Crippen molar-refractivity contribution < 1.29 is 14.4 Å². The van der Waals surface area contributed by atoms with E-state index in [-0.39, 0.29) is 17.5 Å². The lowest BCUT2D eigenvalue weighted by Crippen LogP contribution is -2.46. The van der Waals surface area contributed by atoms with Gasteiger partial charge in [0.2, 0.25) is 5.91 Å². The van der Waals surface area contributed by atoms with Crippen LogP contribution in [0.4, 0.5) is 0 Å². The maximum Gasteiger partial charge on any atom is 0.287 e. The maximum absolute atomic E-state index is 12.9. The number of pyridine rings is 1. The maximum atomic E-state index is 12.9. The molecule has 3 aromatic rings. The quantitative estimate of drug-likeness (QED) is 0.377. The van der Waals surface area contributed by atoms with E-state index in [0.29, 0.717) is 25.8 Å². The largest absolute Gasteiger partial charge is 0.350 e. The molecule has 0 unspecified atom stereocenters. The minimum atomic E-state index is -0.692. The van der Waals surface area contributed by atoms with E-state index in [0.717, 1.165) is 35.7 Å². The summed E-state index contributed by atoms with van der Waals surface area (Å²) in [5.74, 6) is -0.282. The van der Waals surface area contributed by atoms with Gasteiger partial charge in [0.25, 0.3) is 5.91 Å². The molecule has 0 bridgehead atoms. The van der Waals surface area contributed by atoms with Gasteiger partial charge in [0.1, 0.15) is 11.8 Å². The van der Waals surface area contributed by atoms with Crippen LogP contribution >= 0.6 is 0 Å². The van der Waals surface area contributed by atoms with E-state index in [1.807, 2.05) is 37.3 Å². The molecule has 1 aromatic carbocycles. The SMILES string of the molecule is CCC(=O)CCCCC[C@H](NC(=O)c1ncc[nH]1)C(=O)NCc1cnc2ccccc2c1. The van der Waals surface area contributed by atoms with Crippen LogP contribution in [0.2, 0.25) is 0 Å². The molecule has 0 saturated heterocycles. The number of fused-ring (bicyclic) bond motifs is 1. The fraction of sp³-hybridized carbons (Fsp3) is 0.375. The molecule has 0 spiro atoms. The van der Waals surface area contributed by atoms with Gasteiger partial charge in [-0.15, -0.1) is 0 Å². The first-order valence-corrected chi connectivity index (χ1v) is 11.0. The lowest BCUT2D eigenvalue weighted by Gasteiger charge is -2.18. The third-order valence-electron chi connectivity index (χ3n) is 5.29. The van der Waals surface area contributed by atoms with Crippen molar-refractivity contribution in [2.24, 2.45) is 0 Å². The van der Waals surface area contributed by atoms with E-state index in [9.17, 15) is 14.4 Å². The molecule has 8 nitrogen and oxygen atoms in total. The van der Waals surface area contributed by atoms with Crippen LogP contribution in [0, 0.1) is 0 Å². The number of para-hydroxylation sites is 1. The second-order valence-electron chi connectivity index (χ2n) is 7.71. The Bertz CT molecular complexity index is 1050. The number of nitrogens with zero attached hydrogens (tertiary/aromatic N) is 2. The molecule has 8 heteroatoms. The van der Waals surface area contributed by atoms with Crippen LogP contribution in [0.1, 0.15) is 61.6 Å². The Morgan fingerprint density at radius 3 is 2.72 bits per heavy atom. The van der Waals surface area contributed by atoms with Gasteiger partial charge in [0.05, 0.1) is 5.52 Å². The second-order valence-corrected chi connectivity index (χ2v) is 7.71. The summed E-state index contributed by atoms with van der Waals surface area (Å²) in [7, 11) is 0. The summed E-state index contributed by atoms with van der Waals surface area (Å²) in [5, 5.41) is 6.68.